The first-order valence-corrected chi connectivity index (χ1v) is 6.51. The molecule has 124 valence electrons. The molecular formula is C16H19NO6. The summed E-state index contributed by atoms with van der Waals surface area (Å²) in [5.74, 6) is 3.83. The Morgan fingerprint density at radius 3 is 2.22 bits per heavy atom. The summed E-state index contributed by atoms with van der Waals surface area (Å²) in [6.45, 7) is 5.42. The predicted octanol–water partition coefficient (Wildman–Crippen LogP) is 1.01. The summed E-state index contributed by atoms with van der Waals surface area (Å²) in [6.07, 6.45) is 1.80. The van der Waals surface area contributed by atoms with Crippen LogP contribution in [0.25, 0.3) is 0 Å². The Balaban J connectivity index is 0.000000688. The van der Waals surface area contributed by atoms with Crippen molar-refractivity contribution in [3.63, 3.8) is 0 Å². The molecule has 0 saturated carbocycles. The number of aliphatic carboxylic acids is 2. The Hall–Kier alpha value is -2.98. The van der Waals surface area contributed by atoms with Gasteiger partial charge in [0, 0.05) is 6.54 Å². The van der Waals surface area contributed by atoms with E-state index in [1.165, 1.54) is 0 Å². The molecule has 1 rings (SSSR count). The third-order valence-electron chi connectivity index (χ3n) is 2.18. The SMILES string of the molecule is C=CCNCC#CCOc1ccc(OC)cc1.O=C(O)C(=O)O. The molecule has 0 bridgehead atoms. The van der Waals surface area contributed by atoms with E-state index in [1.54, 1.807) is 13.2 Å². The molecule has 0 aliphatic rings. The first-order chi connectivity index (χ1) is 11.0. The highest BCUT2D eigenvalue weighted by Gasteiger charge is 2.04. The maximum Gasteiger partial charge on any atom is 0.414 e. The highest BCUT2D eigenvalue weighted by Crippen LogP contribution is 2.16. The van der Waals surface area contributed by atoms with Crippen LogP contribution in [0.2, 0.25) is 0 Å². The van der Waals surface area contributed by atoms with E-state index in [2.05, 4.69) is 23.7 Å². The molecule has 0 amide bonds. The molecule has 23 heavy (non-hydrogen) atoms. The minimum atomic E-state index is -1.82. The van der Waals surface area contributed by atoms with Crippen LogP contribution < -0.4 is 14.8 Å². The lowest BCUT2D eigenvalue weighted by Crippen LogP contribution is -2.13. The average molecular weight is 321 g/mol. The van der Waals surface area contributed by atoms with Crippen LogP contribution in [0.3, 0.4) is 0 Å². The Morgan fingerprint density at radius 1 is 1.17 bits per heavy atom. The van der Waals surface area contributed by atoms with Gasteiger partial charge in [-0.3, -0.25) is 0 Å². The van der Waals surface area contributed by atoms with E-state index in [-0.39, 0.29) is 0 Å². The first-order valence-electron chi connectivity index (χ1n) is 6.51. The maximum absolute atomic E-state index is 9.10. The number of rotatable bonds is 6. The van der Waals surface area contributed by atoms with Crippen LogP contribution in [-0.2, 0) is 9.59 Å². The van der Waals surface area contributed by atoms with Crippen LogP contribution in [0.4, 0.5) is 0 Å². The van der Waals surface area contributed by atoms with Crippen molar-refractivity contribution in [2.24, 2.45) is 0 Å². The van der Waals surface area contributed by atoms with Gasteiger partial charge in [-0.05, 0) is 24.3 Å². The number of hydrogen-bond acceptors (Lipinski definition) is 5. The molecule has 0 saturated heterocycles. The van der Waals surface area contributed by atoms with E-state index in [9.17, 15) is 0 Å². The summed E-state index contributed by atoms with van der Waals surface area (Å²) in [7, 11) is 1.64. The molecule has 7 nitrogen and oxygen atoms in total. The van der Waals surface area contributed by atoms with Gasteiger partial charge in [-0.1, -0.05) is 17.9 Å². The summed E-state index contributed by atoms with van der Waals surface area (Å²) >= 11 is 0. The zero-order valence-electron chi connectivity index (χ0n) is 12.7. The number of carboxylic acid groups (broad SMARTS) is 2. The number of hydrogen-bond donors (Lipinski definition) is 3. The third-order valence-corrected chi connectivity index (χ3v) is 2.18. The van der Waals surface area contributed by atoms with Gasteiger partial charge in [-0.2, -0.15) is 0 Å². The number of benzene rings is 1. The third kappa shape index (κ3) is 11.4. The lowest BCUT2D eigenvalue weighted by Gasteiger charge is -2.03. The summed E-state index contributed by atoms with van der Waals surface area (Å²) < 4.78 is 10.5. The molecule has 0 fully saturated rings. The van der Waals surface area contributed by atoms with Crippen molar-refractivity contribution < 1.29 is 29.3 Å². The molecule has 3 N–H and O–H groups in total. The average Bonchev–Trinajstić information content (AvgIpc) is 2.55. The Kier molecular flexibility index (Phi) is 11.1. The van der Waals surface area contributed by atoms with Gasteiger partial charge in [0.25, 0.3) is 0 Å². The molecule has 0 atom stereocenters. The van der Waals surface area contributed by atoms with Crippen molar-refractivity contribution in [2.75, 3.05) is 26.8 Å². The molecule has 0 spiro atoms. The van der Waals surface area contributed by atoms with Crippen molar-refractivity contribution >= 4 is 11.9 Å². The van der Waals surface area contributed by atoms with Crippen LogP contribution in [-0.4, -0.2) is 49.0 Å². The molecule has 7 heteroatoms. The Bertz CT molecular complexity index is 544. The normalized spacial score (nSPS) is 8.57. The smallest absolute Gasteiger partial charge is 0.414 e. The molecule has 0 unspecified atom stereocenters. The number of nitrogens with one attached hydrogen (secondary N) is 1. The Morgan fingerprint density at radius 2 is 1.74 bits per heavy atom. The molecule has 0 aromatic heterocycles. The van der Waals surface area contributed by atoms with Crippen molar-refractivity contribution in [3.05, 3.63) is 36.9 Å². The fraction of sp³-hybridized carbons (Fsp3) is 0.250. The number of ether oxygens (including phenoxy) is 2. The molecule has 0 aliphatic heterocycles. The van der Waals surface area contributed by atoms with Crippen molar-refractivity contribution in [1.82, 2.24) is 5.32 Å². The lowest BCUT2D eigenvalue weighted by molar-refractivity contribution is -0.159. The van der Waals surface area contributed by atoms with Gasteiger partial charge in [0.1, 0.15) is 18.1 Å². The van der Waals surface area contributed by atoms with Gasteiger partial charge in [-0.15, -0.1) is 6.58 Å². The summed E-state index contributed by atoms with van der Waals surface area (Å²) in [5.41, 5.74) is 0. The molecular weight excluding hydrogens is 302 g/mol. The standard InChI is InChI=1S/C14H17NO2.C2H2O4/c1-3-10-15-11-4-5-12-17-14-8-6-13(16-2)7-9-14;3-1(4)2(5)6/h3,6-9,15H,1,10-12H2,2H3;(H,3,4)(H,5,6). The number of carbonyl (C=O) groups is 2. The summed E-state index contributed by atoms with van der Waals surface area (Å²) in [4.78, 5) is 18.2. The van der Waals surface area contributed by atoms with E-state index in [1.807, 2.05) is 24.3 Å². The molecule has 1 aromatic rings. The monoisotopic (exact) mass is 321 g/mol. The van der Waals surface area contributed by atoms with Crippen molar-refractivity contribution in [2.45, 2.75) is 0 Å². The Labute approximate surface area is 134 Å². The zero-order chi connectivity index (χ0) is 17.5. The van der Waals surface area contributed by atoms with E-state index < -0.39 is 11.9 Å². The highest BCUT2D eigenvalue weighted by molar-refractivity contribution is 6.27. The summed E-state index contributed by atoms with van der Waals surface area (Å²) in [6, 6.07) is 7.43. The van der Waals surface area contributed by atoms with E-state index in [0.29, 0.717) is 13.2 Å². The quantitative estimate of drug-likeness (QED) is 0.311. The summed E-state index contributed by atoms with van der Waals surface area (Å²) in [5, 5.41) is 17.9. The molecule has 0 aliphatic carbocycles. The van der Waals surface area contributed by atoms with Gasteiger partial charge in [-0.25, -0.2) is 9.59 Å². The first kappa shape index (κ1) is 20.0. The van der Waals surface area contributed by atoms with Gasteiger partial charge in [0.15, 0.2) is 0 Å². The van der Waals surface area contributed by atoms with Crippen LogP contribution in [0.15, 0.2) is 36.9 Å². The van der Waals surface area contributed by atoms with E-state index >= 15 is 0 Å². The topological polar surface area (TPSA) is 105 Å². The second-order valence-corrected chi connectivity index (χ2v) is 3.85. The lowest BCUT2D eigenvalue weighted by atomic mass is 10.3. The molecule has 0 radical (unpaired) electrons. The van der Waals surface area contributed by atoms with Gasteiger partial charge < -0.3 is 25.0 Å². The second kappa shape index (κ2) is 12.7. The van der Waals surface area contributed by atoms with Crippen molar-refractivity contribution in [3.8, 4) is 23.3 Å². The number of carboxylic acids is 2. The fourth-order valence-corrected chi connectivity index (χ4v) is 1.14. The molecule has 1 aromatic carbocycles. The largest absolute Gasteiger partial charge is 0.497 e. The molecule has 0 heterocycles. The second-order valence-electron chi connectivity index (χ2n) is 3.85. The maximum atomic E-state index is 9.10. The van der Waals surface area contributed by atoms with Gasteiger partial charge in [0.05, 0.1) is 13.7 Å². The van der Waals surface area contributed by atoms with E-state index in [0.717, 1.165) is 18.0 Å². The number of methoxy groups -OCH3 is 1. The highest BCUT2D eigenvalue weighted by atomic mass is 16.5. The van der Waals surface area contributed by atoms with Crippen LogP contribution in [0.1, 0.15) is 0 Å². The predicted molar refractivity (Wildman–Crippen MR) is 84.6 cm³/mol. The van der Waals surface area contributed by atoms with Crippen LogP contribution in [0.5, 0.6) is 11.5 Å². The fourth-order valence-electron chi connectivity index (χ4n) is 1.14. The minimum absolute atomic E-state index is 0.391. The van der Waals surface area contributed by atoms with Crippen LogP contribution >= 0.6 is 0 Å². The van der Waals surface area contributed by atoms with Gasteiger partial charge >= 0.3 is 11.9 Å². The minimum Gasteiger partial charge on any atom is -0.497 e. The van der Waals surface area contributed by atoms with Crippen LogP contribution in [0, 0.1) is 11.8 Å². The van der Waals surface area contributed by atoms with Crippen molar-refractivity contribution in [1.29, 1.82) is 0 Å². The van der Waals surface area contributed by atoms with E-state index in [4.69, 9.17) is 29.3 Å². The zero-order valence-corrected chi connectivity index (χ0v) is 12.7. The van der Waals surface area contributed by atoms with Gasteiger partial charge in [0.2, 0.25) is 0 Å².